The molecule has 2 aliphatic rings. The molecule has 3 aromatic rings. The first kappa shape index (κ1) is 20.0. The Bertz CT molecular complexity index is 1070. The van der Waals surface area contributed by atoms with Gasteiger partial charge >= 0.3 is 0 Å². The predicted octanol–water partition coefficient (Wildman–Crippen LogP) is 3.79. The summed E-state index contributed by atoms with van der Waals surface area (Å²) in [6.07, 6.45) is 3.55. The van der Waals surface area contributed by atoms with Crippen LogP contribution >= 0.6 is 11.8 Å². The fourth-order valence-corrected chi connectivity index (χ4v) is 5.05. The van der Waals surface area contributed by atoms with E-state index in [9.17, 15) is 4.79 Å². The maximum absolute atomic E-state index is 13.1. The largest absolute Gasteiger partial charge is 0.486 e. The van der Waals surface area contributed by atoms with Crippen LogP contribution in [0.15, 0.2) is 46.2 Å². The first-order chi connectivity index (χ1) is 15.2. The molecule has 0 saturated carbocycles. The SMILES string of the molecule is CCn1c(SCC(=O)N2CCC[C@@H]2c2ccc3c(c2)OCCO3)nnc1-c1ccco1. The molecule has 0 aliphatic carbocycles. The van der Waals surface area contributed by atoms with Gasteiger partial charge in [-0.2, -0.15) is 0 Å². The first-order valence-electron chi connectivity index (χ1n) is 10.5. The maximum Gasteiger partial charge on any atom is 0.233 e. The quantitative estimate of drug-likeness (QED) is 0.540. The standard InChI is InChI=1S/C22H24N4O4S/c1-2-25-21(18-6-4-10-28-18)23-24-22(25)31-14-20(27)26-9-3-5-16(26)15-7-8-17-19(13-15)30-12-11-29-17/h4,6-8,10,13,16H,2-3,5,9,11-12,14H2,1H3/t16-/m1/s1. The number of furan rings is 1. The van der Waals surface area contributed by atoms with Crippen LogP contribution in [0.4, 0.5) is 0 Å². The van der Waals surface area contributed by atoms with Crippen molar-refractivity contribution in [3.8, 4) is 23.1 Å². The van der Waals surface area contributed by atoms with Crippen molar-refractivity contribution in [3.63, 3.8) is 0 Å². The molecule has 1 atom stereocenters. The Balaban J connectivity index is 1.28. The van der Waals surface area contributed by atoms with Crippen LogP contribution in [0.1, 0.15) is 31.4 Å². The second-order valence-electron chi connectivity index (χ2n) is 7.46. The van der Waals surface area contributed by atoms with Gasteiger partial charge in [0.1, 0.15) is 13.2 Å². The maximum atomic E-state index is 13.1. The Morgan fingerprint density at radius 3 is 2.87 bits per heavy atom. The lowest BCUT2D eigenvalue weighted by Crippen LogP contribution is -2.32. The van der Waals surface area contributed by atoms with Crippen molar-refractivity contribution in [2.24, 2.45) is 0 Å². The van der Waals surface area contributed by atoms with Gasteiger partial charge in [-0.25, -0.2) is 0 Å². The molecule has 162 valence electrons. The number of carbonyl (C=O) groups excluding carboxylic acids is 1. The minimum Gasteiger partial charge on any atom is -0.486 e. The third-order valence-electron chi connectivity index (χ3n) is 5.62. The average molecular weight is 441 g/mol. The van der Waals surface area contributed by atoms with E-state index in [2.05, 4.69) is 10.2 Å². The van der Waals surface area contributed by atoms with Gasteiger partial charge in [0.2, 0.25) is 5.91 Å². The zero-order valence-electron chi connectivity index (χ0n) is 17.3. The minimum atomic E-state index is 0.0617. The highest BCUT2D eigenvalue weighted by molar-refractivity contribution is 7.99. The zero-order valence-corrected chi connectivity index (χ0v) is 18.1. The second kappa shape index (κ2) is 8.66. The van der Waals surface area contributed by atoms with E-state index in [0.29, 0.717) is 37.1 Å². The summed E-state index contributed by atoms with van der Waals surface area (Å²) in [6.45, 7) is 4.61. The van der Waals surface area contributed by atoms with Crippen LogP contribution < -0.4 is 9.47 Å². The van der Waals surface area contributed by atoms with Crippen LogP contribution in [0, 0.1) is 0 Å². The summed E-state index contributed by atoms with van der Waals surface area (Å²) in [7, 11) is 0. The van der Waals surface area contributed by atoms with E-state index < -0.39 is 0 Å². The molecular weight excluding hydrogens is 416 g/mol. The van der Waals surface area contributed by atoms with Gasteiger partial charge in [0.05, 0.1) is 18.1 Å². The Morgan fingerprint density at radius 2 is 2.06 bits per heavy atom. The van der Waals surface area contributed by atoms with Crippen LogP contribution in [0.5, 0.6) is 11.5 Å². The summed E-state index contributed by atoms with van der Waals surface area (Å²) in [4.78, 5) is 15.1. The number of carbonyl (C=O) groups is 1. The molecule has 1 amide bonds. The third kappa shape index (κ3) is 3.89. The summed E-state index contributed by atoms with van der Waals surface area (Å²) in [6, 6.07) is 9.75. The Kier molecular flexibility index (Phi) is 5.59. The van der Waals surface area contributed by atoms with E-state index in [-0.39, 0.29) is 11.9 Å². The monoisotopic (exact) mass is 440 g/mol. The third-order valence-corrected chi connectivity index (χ3v) is 6.58. The minimum absolute atomic E-state index is 0.0617. The highest BCUT2D eigenvalue weighted by Gasteiger charge is 2.31. The van der Waals surface area contributed by atoms with Gasteiger partial charge in [-0.1, -0.05) is 17.8 Å². The molecule has 5 rings (SSSR count). The smallest absolute Gasteiger partial charge is 0.233 e. The lowest BCUT2D eigenvalue weighted by Gasteiger charge is -2.26. The van der Waals surface area contributed by atoms with Gasteiger partial charge in [0.15, 0.2) is 28.2 Å². The molecule has 1 fully saturated rings. The molecule has 0 bridgehead atoms. The molecule has 31 heavy (non-hydrogen) atoms. The van der Waals surface area contributed by atoms with Gasteiger partial charge in [-0.05, 0) is 49.6 Å². The first-order valence-corrected chi connectivity index (χ1v) is 11.5. The number of ether oxygens (including phenoxy) is 2. The molecule has 0 spiro atoms. The summed E-state index contributed by atoms with van der Waals surface area (Å²) in [5.41, 5.74) is 1.09. The molecule has 1 saturated heterocycles. The average Bonchev–Trinajstić information content (AvgIpc) is 3.57. The molecule has 1 aromatic carbocycles. The van der Waals surface area contributed by atoms with E-state index in [1.54, 1.807) is 6.26 Å². The lowest BCUT2D eigenvalue weighted by molar-refractivity contribution is -0.129. The van der Waals surface area contributed by atoms with Crippen LogP contribution in [-0.4, -0.2) is 51.1 Å². The van der Waals surface area contributed by atoms with Crippen molar-refractivity contribution in [3.05, 3.63) is 42.2 Å². The lowest BCUT2D eigenvalue weighted by atomic mass is 10.0. The van der Waals surface area contributed by atoms with E-state index in [1.165, 1.54) is 11.8 Å². The summed E-state index contributed by atoms with van der Waals surface area (Å²) in [5.74, 6) is 3.31. The Hall–Kier alpha value is -2.94. The molecular formula is C22H24N4O4S. The van der Waals surface area contributed by atoms with Crippen molar-refractivity contribution < 1.29 is 18.7 Å². The van der Waals surface area contributed by atoms with Crippen molar-refractivity contribution in [2.45, 2.75) is 37.5 Å². The number of rotatable bonds is 6. The van der Waals surface area contributed by atoms with Crippen molar-refractivity contribution >= 4 is 17.7 Å². The highest BCUT2D eigenvalue weighted by Crippen LogP contribution is 2.38. The number of amides is 1. The van der Waals surface area contributed by atoms with Crippen LogP contribution in [-0.2, 0) is 11.3 Å². The van der Waals surface area contributed by atoms with Gasteiger partial charge in [-0.3, -0.25) is 9.36 Å². The number of hydrogen-bond donors (Lipinski definition) is 0. The number of fused-ring (bicyclic) bond motifs is 1. The molecule has 2 aliphatic heterocycles. The van der Waals surface area contributed by atoms with Crippen LogP contribution in [0.3, 0.4) is 0 Å². The molecule has 2 aromatic heterocycles. The van der Waals surface area contributed by atoms with Crippen molar-refractivity contribution in [2.75, 3.05) is 25.5 Å². The van der Waals surface area contributed by atoms with Crippen LogP contribution in [0.2, 0.25) is 0 Å². The molecule has 0 unspecified atom stereocenters. The normalized spacial score (nSPS) is 17.8. The van der Waals surface area contributed by atoms with Gasteiger partial charge in [0.25, 0.3) is 0 Å². The van der Waals surface area contributed by atoms with Gasteiger partial charge < -0.3 is 18.8 Å². The Morgan fingerprint density at radius 1 is 1.19 bits per heavy atom. The molecule has 9 heteroatoms. The summed E-state index contributed by atoms with van der Waals surface area (Å²) < 4.78 is 18.8. The highest BCUT2D eigenvalue weighted by atomic mass is 32.2. The van der Waals surface area contributed by atoms with Crippen LogP contribution in [0.25, 0.3) is 11.6 Å². The molecule has 8 nitrogen and oxygen atoms in total. The molecule has 0 N–H and O–H groups in total. The predicted molar refractivity (Wildman–Crippen MR) is 115 cm³/mol. The zero-order chi connectivity index (χ0) is 21.2. The van der Waals surface area contributed by atoms with E-state index in [4.69, 9.17) is 13.9 Å². The fourth-order valence-electron chi connectivity index (χ4n) is 4.16. The van der Waals surface area contributed by atoms with Gasteiger partial charge in [0, 0.05) is 13.1 Å². The van der Waals surface area contributed by atoms with Crippen molar-refractivity contribution in [1.29, 1.82) is 0 Å². The Labute approximate surface area is 184 Å². The molecule has 4 heterocycles. The summed E-state index contributed by atoms with van der Waals surface area (Å²) in [5, 5.41) is 9.26. The summed E-state index contributed by atoms with van der Waals surface area (Å²) >= 11 is 1.42. The molecule has 0 radical (unpaired) electrons. The number of thioether (sulfide) groups is 1. The van der Waals surface area contributed by atoms with E-state index >= 15 is 0 Å². The second-order valence-corrected chi connectivity index (χ2v) is 8.41. The number of likely N-dealkylation sites (tertiary alicyclic amines) is 1. The number of aromatic nitrogens is 3. The number of nitrogens with zero attached hydrogens (tertiary/aromatic N) is 4. The van der Waals surface area contributed by atoms with E-state index in [1.807, 2.05) is 46.7 Å². The fraction of sp³-hybridized carbons (Fsp3) is 0.409. The van der Waals surface area contributed by atoms with E-state index in [0.717, 1.165) is 41.6 Å². The topological polar surface area (TPSA) is 82.6 Å². The van der Waals surface area contributed by atoms with Gasteiger partial charge in [-0.15, -0.1) is 10.2 Å². The number of hydrogen-bond acceptors (Lipinski definition) is 7. The number of benzene rings is 1. The van der Waals surface area contributed by atoms with Crippen molar-refractivity contribution in [1.82, 2.24) is 19.7 Å².